The highest BCUT2D eigenvalue weighted by Gasteiger charge is 2.19. The van der Waals surface area contributed by atoms with Crippen LogP contribution in [-0.2, 0) is 6.54 Å². The Kier molecular flexibility index (Phi) is 5.20. The predicted octanol–water partition coefficient (Wildman–Crippen LogP) is 3.08. The fourth-order valence-electron chi connectivity index (χ4n) is 3.14. The highest BCUT2D eigenvalue weighted by molar-refractivity contribution is 5.56. The maximum Gasteiger partial charge on any atom is 0.247 e. The number of benzene rings is 2. The molecule has 0 aliphatic carbocycles. The number of anilines is 3. The second kappa shape index (κ2) is 8.09. The van der Waals surface area contributed by atoms with Crippen LogP contribution in [0.2, 0.25) is 0 Å². The number of para-hydroxylation sites is 1. The number of aromatic nitrogens is 3. The van der Waals surface area contributed by atoms with Crippen LogP contribution in [0.4, 0.5) is 21.8 Å². The van der Waals surface area contributed by atoms with Gasteiger partial charge >= 0.3 is 0 Å². The molecule has 1 aromatic heterocycles. The van der Waals surface area contributed by atoms with Gasteiger partial charge in [-0.2, -0.15) is 10.1 Å². The molecule has 0 spiro atoms. The standard InChI is InChI=1S/C20H21FN6/c21-17-8-4-5-9-18(17)23-19-14-22-25-20(24-19)27-12-10-26(11-13-27)15-16-6-2-1-3-7-16/h1-9,14H,10-13,15H2,(H,23,24,25). The molecule has 2 heterocycles. The normalized spacial score (nSPS) is 14.9. The topological polar surface area (TPSA) is 57.2 Å². The first-order valence-corrected chi connectivity index (χ1v) is 9.00. The molecule has 1 saturated heterocycles. The monoisotopic (exact) mass is 364 g/mol. The lowest BCUT2D eigenvalue weighted by Crippen LogP contribution is -2.46. The second-order valence-corrected chi connectivity index (χ2v) is 6.50. The lowest BCUT2D eigenvalue weighted by molar-refractivity contribution is 0.248. The Morgan fingerprint density at radius 1 is 0.926 bits per heavy atom. The van der Waals surface area contributed by atoms with Gasteiger partial charge < -0.3 is 10.2 Å². The fraction of sp³-hybridized carbons (Fsp3) is 0.250. The maximum absolute atomic E-state index is 13.8. The van der Waals surface area contributed by atoms with E-state index in [2.05, 4.69) is 54.6 Å². The first-order valence-electron chi connectivity index (χ1n) is 9.00. The molecule has 0 unspecified atom stereocenters. The highest BCUT2D eigenvalue weighted by Crippen LogP contribution is 2.19. The zero-order chi connectivity index (χ0) is 18.5. The molecule has 0 saturated carbocycles. The molecule has 4 rings (SSSR count). The minimum Gasteiger partial charge on any atom is -0.337 e. The Bertz CT molecular complexity index is 880. The Hall–Kier alpha value is -3.06. The summed E-state index contributed by atoms with van der Waals surface area (Å²) in [5.74, 6) is 0.722. The molecule has 0 bridgehead atoms. The Morgan fingerprint density at radius 2 is 1.67 bits per heavy atom. The molecule has 0 radical (unpaired) electrons. The molecular formula is C20H21FN6. The number of piperazine rings is 1. The summed E-state index contributed by atoms with van der Waals surface area (Å²) in [5, 5.41) is 11.1. The molecule has 0 atom stereocenters. The van der Waals surface area contributed by atoms with Gasteiger partial charge in [0.05, 0.1) is 11.9 Å². The molecule has 7 heteroatoms. The number of halogens is 1. The van der Waals surface area contributed by atoms with Gasteiger partial charge in [-0.3, -0.25) is 4.90 Å². The van der Waals surface area contributed by atoms with E-state index in [0.717, 1.165) is 32.7 Å². The SMILES string of the molecule is Fc1ccccc1Nc1cnnc(N2CCN(Cc3ccccc3)CC2)n1. The van der Waals surface area contributed by atoms with Crippen molar-refractivity contribution < 1.29 is 4.39 Å². The van der Waals surface area contributed by atoms with Gasteiger partial charge in [0, 0.05) is 32.7 Å². The van der Waals surface area contributed by atoms with E-state index in [9.17, 15) is 4.39 Å². The van der Waals surface area contributed by atoms with E-state index in [-0.39, 0.29) is 5.82 Å². The Morgan fingerprint density at radius 3 is 2.44 bits per heavy atom. The van der Waals surface area contributed by atoms with Crippen LogP contribution in [0, 0.1) is 5.82 Å². The van der Waals surface area contributed by atoms with Crippen molar-refractivity contribution in [2.45, 2.75) is 6.54 Å². The summed E-state index contributed by atoms with van der Waals surface area (Å²) in [7, 11) is 0. The van der Waals surface area contributed by atoms with Gasteiger partial charge in [-0.25, -0.2) is 4.39 Å². The lowest BCUT2D eigenvalue weighted by Gasteiger charge is -2.34. The molecular weight excluding hydrogens is 343 g/mol. The molecule has 1 N–H and O–H groups in total. The quantitative estimate of drug-likeness (QED) is 0.751. The van der Waals surface area contributed by atoms with Crippen LogP contribution in [0.1, 0.15) is 5.56 Å². The number of hydrogen-bond acceptors (Lipinski definition) is 6. The molecule has 6 nitrogen and oxygen atoms in total. The number of nitrogens with one attached hydrogen (secondary N) is 1. The van der Waals surface area contributed by atoms with Crippen molar-refractivity contribution >= 4 is 17.5 Å². The highest BCUT2D eigenvalue weighted by atomic mass is 19.1. The van der Waals surface area contributed by atoms with E-state index in [1.807, 2.05) is 6.07 Å². The summed E-state index contributed by atoms with van der Waals surface area (Å²) < 4.78 is 13.8. The van der Waals surface area contributed by atoms with Gasteiger partial charge in [0.2, 0.25) is 5.95 Å². The van der Waals surface area contributed by atoms with Crippen molar-refractivity contribution in [3.63, 3.8) is 0 Å². The Balaban J connectivity index is 1.38. The third-order valence-electron chi connectivity index (χ3n) is 4.59. The summed E-state index contributed by atoms with van der Waals surface area (Å²) in [6.07, 6.45) is 1.50. The van der Waals surface area contributed by atoms with Crippen LogP contribution >= 0.6 is 0 Å². The van der Waals surface area contributed by atoms with Crippen LogP contribution in [0.3, 0.4) is 0 Å². The maximum atomic E-state index is 13.8. The van der Waals surface area contributed by atoms with E-state index in [1.165, 1.54) is 17.8 Å². The summed E-state index contributed by atoms with van der Waals surface area (Å²) in [6.45, 7) is 4.48. The van der Waals surface area contributed by atoms with Crippen LogP contribution in [0.5, 0.6) is 0 Å². The smallest absolute Gasteiger partial charge is 0.247 e. The number of rotatable bonds is 5. The zero-order valence-corrected chi connectivity index (χ0v) is 14.9. The average Bonchev–Trinajstić information content (AvgIpc) is 2.71. The molecule has 0 amide bonds. The first kappa shape index (κ1) is 17.4. The third-order valence-corrected chi connectivity index (χ3v) is 4.59. The van der Waals surface area contributed by atoms with Gasteiger partial charge in [-0.15, -0.1) is 5.10 Å². The lowest BCUT2D eigenvalue weighted by atomic mass is 10.2. The van der Waals surface area contributed by atoms with E-state index < -0.39 is 0 Å². The van der Waals surface area contributed by atoms with Gasteiger partial charge in [0.25, 0.3) is 0 Å². The summed E-state index contributed by atoms with van der Waals surface area (Å²) in [5.41, 5.74) is 1.69. The number of nitrogens with zero attached hydrogens (tertiary/aromatic N) is 5. The summed E-state index contributed by atoms with van der Waals surface area (Å²) >= 11 is 0. The van der Waals surface area contributed by atoms with E-state index >= 15 is 0 Å². The van der Waals surface area contributed by atoms with E-state index in [1.54, 1.807) is 18.2 Å². The first-order chi connectivity index (χ1) is 13.3. The molecule has 1 fully saturated rings. The van der Waals surface area contributed by atoms with E-state index in [0.29, 0.717) is 17.5 Å². The van der Waals surface area contributed by atoms with Crippen LogP contribution in [0.15, 0.2) is 60.8 Å². The average molecular weight is 364 g/mol. The zero-order valence-electron chi connectivity index (χ0n) is 14.9. The molecule has 138 valence electrons. The van der Waals surface area contributed by atoms with Gasteiger partial charge in [0.15, 0.2) is 5.82 Å². The molecule has 2 aromatic carbocycles. The van der Waals surface area contributed by atoms with Crippen molar-refractivity contribution in [1.29, 1.82) is 0 Å². The van der Waals surface area contributed by atoms with Crippen molar-refractivity contribution in [2.75, 3.05) is 36.4 Å². The van der Waals surface area contributed by atoms with E-state index in [4.69, 9.17) is 0 Å². The third kappa shape index (κ3) is 4.38. The van der Waals surface area contributed by atoms with Gasteiger partial charge in [-0.1, -0.05) is 42.5 Å². The fourth-order valence-corrected chi connectivity index (χ4v) is 3.14. The second-order valence-electron chi connectivity index (χ2n) is 6.50. The van der Waals surface area contributed by atoms with Gasteiger partial charge in [-0.05, 0) is 17.7 Å². The Labute approximate surface area is 157 Å². The van der Waals surface area contributed by atoms with Crippen LogP contribution < -0.4 is 10.2 Å². The summed E-state index contributed by atoms with van der Waals surface area (Å²) in [4.78, 5) is 9.03. The van der Waals surface area contributed by atoms with Gasteiger partial charge in [0.1, 0.15) is 5.82 Å². The largest absolute Gasteiger partial charge is 0.337 e. The van der Waals surface area contributed by atoms with Crippen molar-refractivity contribution in [3.8, 4) is 0 Å². The van der Waals surface area contributed by atoms with Crippen molar-refractivity contribution in [2.24, 2.45) is 0 Å². The molecule has 1 aliphatic heterocycles. The summed E-state index contributed by atoms with van der Waals surface area (Å²) in [6, 6.07) is 17.0. The minimum atomic E-state index is -0.327. The number of hydrogen-bond donors (Lipinski definition) is 1. The van der Waals surface area contributed by atoms with Crippen molar-refractivity contribution in [3.05, 3.63) is 72.2 Å². The molecule has 1 aliphatic rings. The van der Waals surface area contributed by atoms with Crippen molar-refractivity contribution in [1.82, 2.24) is 20.1 Å². The minimum absolute atomic E-state index is 0.327. The molecule has 3 aromatic rings. The van der Waals surface area contributed by atoms with Crippen LogP contribution in [0.25, 0.3) is 0 Å². The van der Waals surface area contributed by atoms with Crippen LogP contribution in [-0.4, -0.2) is 46.3 Å². The predicted molar refractivity (Wildman–Crippen MR) is 103 cm³/mol. The molecule has 27 heavy (non-hydrogen) atoms.